The van der Waals surface area contributed by atoms with Gasteiger partial charge in [0.1, 0.15) is 13.2 Å². The van der Waals surface area contributed by atoms with Crippen LogP contribution in [0.1, 0.15) is 10.4 Å². The Balaban J connectivity index is 1.55. The minimum Gasteiger partial charge on any atom is -0.486 e. The molecular weight excluding hydrogens is 376 g/mol. The third-order valence-corrected chi connectivity index (χ3v) is 3.82. The fourth-order valence-electron chi connectivity index (χ4n) is 2.22. The third kappa shape index (κ3) is 4.05. The van der Waals surface area contributed by atoms with E-state index in [9.17, 15) is 9.59 Å². The van der Waals surface area contributed by atoms with Gasteiger partial charge < -0.3 is 20.1 Å². The summed E-state index contributed by atoms with van der Waals surface area (Å²) >= 11 is 3.30. The number of amides is 2. The van der Waals surface area contributed by atoms with Crippen LogP contribution in [-0.2, 0) is 4.79 Å². The maximum absolute atomic E-state index is 12.0. The number of hydrogen-bond acceptors (Lipinski definition) is 4. The summed E-state index contributed by atoms with van der Waals surface area (Å²) in [6.07, 6.45) is 0. The Kier molecular flexibility index (Phi) is 5.00. The van der Waals surface area contributed by atoms with Gasteiger partial charge in [-0.1, -0.05) is 22.0 Å². The molecule has 2 N–H and O–H groups in total. The molecule has 1 aliphatic heterocycles. The Morgan fingerprint density at radius 2 is 1.83 bits per heavy atom. The fourth-order valence-corrected chi connectivity index (χ4v) is 2.62. The number of carbonyl (C=O) groups is 2. The van der Waals surface area contributed by atoms with Crippen LogP contribution < -0.4 is 20.1 Å². The van der Waals surface area contributed by atoms with Crippen molar-refractivity contribution in [2.75, 3.05) is 25.1 Å². The van der Waals surface area contributed by atoms with Crippen molar-refractivity contribution in [3.8, 4) is 11.5 Å². The zero-order valence-corrected chi connectivity index (χ0v) is 14.3. The van der Waals surface area contributed by atoms with Crippen molar-refractivity contribution >= 4 is 33.4 Å². The molecule has 0 unspecified atom stereocenters. The molecule has 3 rings (SSSR count). The summed E-state index contributed by atoms with van der Waals surface area (Å²) in [5.74, 6) is 0.614. The molecular formula is C17H15BrN2O4. The highest BCUT2D eigenvalue weighted by Crippen LogP contribution is 2.32. The Labute approximate surface area is 147 Å². The summed E-state index contributed by atoms with van der Waals surface area (Å²) in [5.41, 5.74) is 1.07. The van der Waals surface area contributed by atoms with Crippen LogP contribution in [0.3, 0.4) is 0 Å². The lowest BCUT2D eigenvalue weighted by Crippen LogP contribution is -2.32. The quantitative estimate of drug-likeness (QED) is 0.840. The molecule has 24 heavy (non-hydrogen) atoms. The van der Waals surface area contributed by atoms with Crippen molar-refractivity contribution in [1.82, 2.24) is 5.32 Å². The van der Waals surface area contributed by atoms with Gasteiger partial charge in [0.05, 0.1) is 6.54 Å². The van der Waals surface area contributed by atoms with Crippen molar-refractivity contribution in [3.63, 3.8) is 0 Å². The Morgan fingerprint density at radius 1 is 1.04 bits per heavy atom. The molecule has 7 heteroatoms. The number of hydrogen-bond donors (Lipinski definition) is 2. The molecule has 0 aromatic heterocycles. The lowest BCUT2D eigenvalue weighted by atomic mass is 10.2. The SMILES string of the molecule is O=C(CNC(=O)c1cccc(Br)c1)Nc1ccc2c(c1)OCCO2. The van der Waals surface area contributed by atoms with Crippen LogP contribution in [0.5, 0.6) is 11.5 Å². The highest BCUT2D eigenvalue weighted by molar-refractivity contribution is 9.10. The summed E-state index contributed by atoms with van der Waals surface area (Å²) < 4.78 is 11.7. The molecule has 0 radical (unpaired) electrons. The summed E-state index contributed by atoms with van der Waals surface area (Å²) in [4.78, 5) is 24.0. The van der Waals surface area contributed by atoms with Gasteiger partial charge in [0.15, 0.2) is 11.5 Å². The molecule has 0 bridgehead atoms. The van der Waals surface area contributed by atoms with Gasteiger partial charge in [-0.15, -0.1) is 0 Å². The van der Waals surface area contributed by atoms with E-state index in [2.05, 4.69) is 26.6 Å². The van der Waals surface area contributed by atoms with E-state index < -0.39 is 0 Å². The first-order valence-electron chi connectivity index (χ1n) is 7.35. The Morgan fingerprint density at radius 3 is 2.62 bits per heavy atom. The predicted molar refractivity (Wildman–Crippen MR) is 92.5 cm³/mol. The molecule has 0 fully saturated rings. The molecule has 0 saturated heterocycles. The lowest BCUT2D eigenvalue weighted by molar-refractivity contribution is -0.115. The van der Waals surface area contributed by atoms with E-state index in [1.807, 2.05) is 6.07 Å². The number of fused-ring (bicyclic) bond motifs is 1. The van der Waals surface area contributed by atoms with Gasteiger partial charge in [-0.25, -0.2) is 0 Å². The van der Waals surface area contributed by atoms with Crippen LogP contribution in [0.4, 0.5) is 5.69 Å². The van der Waals surface area contributed by atoms with E-state index in [1.165, 1.54) is 0 Å². The van der Waals surface area contributed by atoms with Gasteiger partial charge in [-0.2, -0.15) is 0 Å². The Hall–Kier alpha value is -2.54. The molecule has 124 valence electrons. The van der Waals surface area contributed by atoms with Gasteiger partial charge in [0, 0.05) is 21.8 Å². The summed E-state index contributed by atoms with van der Waals surface area (Å²) in [6.45, 7) is 0.868. The van der Waals surface area contributed by atoms with Crippen LogP contribution in [0.2, 0.25) is 0 Å². The van der Waals surface area contributed by atoms with E-state index >= 15 is 0 Å². The van der Waals surface area contributed by atoms with Gasteiger partial charge in [0.2, 0.25) is 5.91 Å². The van der Waals surface area contributed by atoms with Crippen LogP contribution in [-0.4, -0.2) is 31.6 Å². The smallest absolute Gasteiger partial charge is 0.251 e. The second-order valence-corrected chi connectivity index (χ2v) is 6.02. The van der Waals surface area contributed by atoms with E-state index in [0.29, 0.717) is 36.0 Å². The molecule has 2 amide bonds. The largest absolute Gasteiger partial charge is 0.486 e. The van der Waals surface area contributed by atoms with Crippen molar-refractivity contribution in [1.29, 1.82) is 0 Å². The molecule has 6 nitrogen and oxygen atoms in total. The second-order valence-electron chi connectivity index (χ2n) is 5.10. The lowest BCUT2D eigenvalue weighted by Gasteiger charge is -2.19. The fraction of sp³-hybridized carbons (Fsp3) is 0.176. The minimum absolute atomic E-state index is 0.125. The predicted octanol–water partition coefficient (Wildman–Crippen LogP) is 2.59. The van der Waals surface area contributed by atoms with Crippen molar-refractivity contribution in [2.24, 2.45) is 0 Å². The van der Waals surface area contributed by atoms with Gasteiger partial charge >= 0.3 is 0 Å². The van der Waals surface area contributed by atoms with Crippen LogP contribution >= 0.6 is 15.9 Å². The number of rotatable bonds is 4. The maximum atomic E-state index is 12.0. The van der Waals surface area contributed by atoms with Crippen molar-refractivity contribution in [2.45, 2.75) is 0 Å². The molecule has 2 aromatic carbocycles. The number of anilines is 1. The number of ether oxygens (including phenoxy) is 2. The van der Waals surface area contributed by atoms with Gasteiger partial charge in [-0.05, 0) is 30.3 Å². The first kappa shape index (κ1) is 16.3. The van der Waals surface area contributed by atoms with Crippen molar-refractivity contribution < 1.29 is 19.1 Å². The standard InChI is InChI=1S/C17H15BrN2O4/c18-12-3-1-2-11(8-12)17(22)19-10-16(21)20-13-4-5-14-15(9-13)24-7-6-23-14/h1-5,8-9H,6-7,10H2,(H,19,22)(H,20,21). The zero-order valence-electron chi connectivity index (χ0n) is 12.7. The first-order valence-corrected chi connectivity index (χ1v) is 8.14. The average Bonchev–Trinajstić information content (AvgIpc) is 2.59. The van der Waals surface area contributed by atoms with E-state index in [0.717, 1.165) is 4.47 Å². The first-order chi connectivity index (χ1) is 11.6. The van der Waals surface area contributed by atoms with Crippen LogP contribution in [0.15, 0.2) is 46.9 Å². The van der Waals surface area contributed by atoms with Crippen LogP contribution in [0, 0.1) is 0 Å². The molecule has 0 saturated carbocycles. The number of carbonyl (C=O) groups excluding carboxylic acids is 2. The normalized spacial score (nSPS) is 12.4. The van der Waals surface area contributed by atoms with E-state index in [1.54, 1.807) is 36.4 Å². The van der Waals surface area contributed by atoms with Gasteiger partial charge in [0.25, 0.3) is 5.91 Å². The highest BCUT2D eigenvalue weighted by Gasteiger charge is 2.13. The number of nitrogens with one attached hydrogen (secondary N) is 2. The maximum Gasteiger partial charge on any atom is 0.251 e. The monoisotopic (exact) mass is 390 g/mol. The van der Waals surface area contributed by atoms with Crippen LogP contribution in [0.25, 0.3) is 0 Å². The zero-order chi connectivity index (χ0) is 16.9. The number of halogens is 1. The molecule has 0 spiro atoms. The third-order valence-electron chi connectivity index (χ3n) is 3.32. The molecule has 0 aliphatic carbocycles. The minimum atomic E-state index is -0.324. The molecule has 0 atom stereocenters. The summed E-state index contributed by atoms with van der Waals surface area (Å²) in [5, 5.41) is 5.29. The Bertz CT molecular complexity index is 779. The van der Waals surface area contributed by atoms with E-state index in [-0.39, 0.29) is 18.4 Å². The number of benzene rings is 2. The highest BCUT2D eigenvalue weighted by atomic mass is 79.9. The van der Waals surface area contributed by atoms with Crippen molar-refractivity contribution in [3.05, 3.63) is 52.5 Å². The second kappa shape index (κ2) is 7.35. The summed E-state index contributed by atoms with van der Waals surface area (Å²) in [7, 11) is 0. The van der Waals surface area contributed by atoms with E-state index in [4.69, 9.17) is 9.47 Å². The molecule has 2 aromatic rings. The topological polar surface area (TPSA) is 76.7 Å². The van der Waals surface area contributed by atoms with Gasteiger partial charge in [-0.3, -0.25) is 9.59 Å². The summed E-state index contributed by atoms with van der Waals surface area (Å²) in [6, 6.07) is 12.1. The molecule has 1 aliphatic rings. The molecule has 1 heterocycles. The average molecular weight is 391 g/mol.